The monoisotopic (exact) mass is 303 g/mol. The van der Waals surface area contributed by atoms with Crippen molar-refractivity contribution in [2.24, 2.45) is 5.73 Å². The van der Waals surface area contributed by atoms with Crippen LogP contribution in [-0.2, 0) is 6.42 Å². The van der Waals surface area contributed by atoms with Crippen molar-refractivity contribution in [3.8, 4) is 11.5 Å². The lowest BCUT2D eigenvalue weighted by molar-refractivity contribution is 0.297. The molecule has 2 N–H and O–H groups in total. The Kier molecular flexibility index (Phi) is 4.32. The number of halogens is 1. The summed E-state index contributed by atoms with van der Waals surface area (Å²) in [5, 5.41) is 0.752. The molecule has 1 aliphatic heterocycles. The van der Waals surface area contributed by atoms with Gasteiger partial charge in [0.2, 0.25) is 0 Å². The molecule has 110 valence electrons. The van der Waals surface area contributed by atoms with Gasteiger partial charge in [-0.3, -0.25) is 0 Å². The van der Waals surface area contributed by atoms with E-state index in [0.717, 1.165) is 34.1 Å². The molecule has 0 aliphatic carbocycles. The minimum absolute atomic E-state index is 0.123. The van der Waals surface area contributed by atoms with E-state index in [1.54, 1.807) is 0 Å². The maximum absolute atomic E-state index is 6.31. The summed E-state index contributed by atoms with van der Waals surface area (Å²) in [6.45, 7) is 1.37. The van der Waals surface area contributed by atoms with Gasteiger partial charge in [0.25, 0.3) is 0 Å². The van der Waals surface area contributed by atoms with E-state index < -0.39 is 0 Å². The summed E-state index contributed by atoms with van der Waals surface area (Å²) >= 11 is 6.19. The van der Waals surface area contributed by atoms with Crippen LogP contribution in [0.5, 0.6) is 11.5 Å². The predicted molar refractivity (Wildman–Crippen MR) is 84.1 cm³/mol. The van der Waals surface area contributed by atoms with Crippen LogP contribution in [0, 0.1) is 0 Å². The van der Waals surface area contributed by atoms with Gasteiger partial charge in [-0.2, -0.15) is 0 Å². The molecule has 2 aromatic carbocycles. The first-order valence-electron chi connectivity index (χ1n) is 7.12. The van der Waals surface area contributed by atoms with Crippen LogP contribution in [0.15, 0.2) is 42.5 Å². The Morgan fingerprint density at radius 3 is 2.62 bits per heavy atom. The molecule has 0 aromatic heterocycles. The molecule has 0 amide bonds. The lowest BCUT2D eigenvalue weighted by atomic mass is 9.99. The van der Waals surface area contributed by atoms with Gasteiger partial charge in [-0.1, -0.05) is 35.9 Å². The highest BCUT2D eigenvalue weighted by Gasteiger charge is 2.15. The first kappa shape index (κ1) is 14.2. The van der Waals surface area contributed by atoms with Crippen molar-refractivity contribution in [2.45, 2.75) is 18.9 Å². The molecule has 1 unspecified atom stereocenters. The zero-order valence-corrected chi connectivity index (χ0v) is 12.5. The van der Waals surface area contributed by atoms with E-state index in [0.29, 0.717) is 19.6 Å². The molecule has 0 radical (unpaired) electrons. The molecular weight excluding hydrogens is 286 g/mol. The van der Waals surface area contributed by atoms with Crippen LogP contribution in [-0.4, -0.2) is 13.2 Å². The van der Waals surface area contributed by atoms with Crippen molar-refractivity contribution in [1.82, 2.24) is 0 Å². The second kappa shape index (κ2) is 6.37. The van der Waals surface area contributed by atoms with Crippen molar-refractivity contribution >= 4 is 11.6 Å². The van der Waals surface area contributed by atoms with Gasteiger partial charge >= 0.3 is 0 Å². The van der Waals surface area contributed by atoms with Gasteiger partial charge in [-0.05, 0) is 35.7 Å². The van der Waals surface area contributed by atoms with Gasteiger partial charge < -0.3 is 15.2 Å². The van der Waals surface area contributed by atoms with E-state index in [1.807, 2.05) is 42.5 Å². The molecule has 0 spiro atoms. The largest absolute Gasteiger partial charge is 0.490 e. The molecule has 4 heteroatoms. The van der Waals surface area contributed by atoms with Gasteiger partial charge in [0.1, 0.15) is 0 Å². The standard InChI is InChI=1S/C17H18ClNO2/c18-14-5-2-1-4-12(14)10-15(19)13-6-7-16-17(11-13)21-9-3-8-20-16/h1-2,4-7,11,15H,3,8-10,19H2. The van der Waals surface area contributed by atoms with Crippen LogP contribution >= 0.6 is 11.6 Å². The summed E-state index contributed by atoms with van der Waals surface area (Å²) in [7, 11) is 0. The predicted octanol–water partition coefficient (Wildman–Crippen LogP) is 3.74. The Labute approximate surface area is 129 Å². The van der Waals surface area contributed by atoms with Crippen LogP contribution in [0.4, 0.5) is 0 Å². The molecule has 2 aromatic rings. The molecule has 3 nitrogen and oxygen atoms in total. The molecular formula is C17H18ClNO2. The van der Waals surface area contributed by atoms with Crippen molar-refractivity contribution in [3.63, 3.8) is 0 Å². The van der Waals surface area contributed by atoms with Gasteiger partial charge in [0, 0.05) is 17.5 Å². The summed E-state index contributed by atoms with van der Waals surface area (Å²) in [6.07, 6.45) is 1.59. The molecule has 0 fully saturated rings. The summed E-state index contributed by atoms with van der Waals surface area (Å²) in [4.78, 5) is 0. The second-order valence-corrected chi connectivity index (χ2v) is 5.57. The normalized spacial score (nSPS) is 15.3. The van der Waals surface area contributed by atoms with E-state index in [2.05, 4.69) is 0 Å². The Hall–Kier alpha value is -1.71. The van der Waals surface area contributed by atoms with E-state index >= 15 is 0 Å². The highest BCUT2D eigenvalue weighted by atomic mass is 35.5. The quantitative estimate of drug-likeness (QED) is 0.939. The molecule has 1 heterocycles. The number of nitrogens with two attached hydrogens (primary N) is 1. The third-order valence-electron chi connectivity index (χ3n) is 3.60. The summed E-state index contributed by atoms with van der Waals surface area (Å²) in [6, 6.07) is 13.6. The van der Waals surface area contributed by atoms with Crippen molar-refractivity contribution in [3.05, 3.63) is 58.6 Å². The first-order chi connectivity index (χ1) is 10.2. The highest BCUT2D eigenvalue weighted by molar-refractivity contribution is 6.31. The van der Waals surface area contributed by atoms with E-state index in [9.17, 15) is 0 Å². The zero-order chi connectivity index (χ0) is 14.7. The smallest absolute Gasteiger partial charge is 0.161 e. The number of hydrogen-bond donors (Lipinski definition) is 1. The highest BCUT2D eigenvalue weighted by Crippen LogP contribution is 2.33. The van der Waals surface area contributed by atoms with Gasteiger partial charge in [0.05, 0.1) is 13.2 Å². The molecule has 21 heavy (non-hydrogen) atoms. The van der Waals surface area contributed by atoms with Crippen molar-refractivity contribution < 1.29 is 9.47 Å². The fourth-order valence-electron chi connectivity index (χ4n) is 2.43. The van der Waals surface area contributed by atoms with Crippen LogP contribution in [0.2, 0.25) is 5.02 Å². The van der Waals surface area contributed by atoms with Gasteiger partial charge in [0.15, 0.2) is 11.5 Å². The molecule has 1 atom stereocenters. The van der Waals surface area contributed by atoms with E-state index in [-0.39, 0.29) is 6.04 Å². The number of benzene rings is 2. The summed E-state index contributed by atoms with van der Waals surface area (Å²) in [5.41, 5.74) is 8.39. The van der Waals surface area contributed by atoms with Crippen LogP contribution in [0.3, 0.4) is 0 Å². The average molecular weight is 304 g/mol. The minimum atomic E-state index is -0.123. The van der Waals surface area contributed by atoms with Gasteiger partial charge in [-0.15, -0.1) is 0 Å². The fourth-order valence-corrected chi connectivity index (χ4v) is 2.64. The zero-order valence-electron chi connectivity index (χ0n) is 11.7. The SMILES string of the molecule is NC(Cc1ccccc1Cl)c1ccc2c(c1)OCCCO2. The second-order valence-electron chi connectivity index (χ2n) is 5.16. The molecule has 1 aliphatic rings. The molecule has 3 rings (SSSR count). The lowest BCUT2D eigenvalue weighted by Gasteiger charge is -2.15. The minimum Gasteiger partial charge on any atom is -0.490 e. The summed E-state index contributed by atoms with van der Waals surface area (Å²) in [5.74, 6) is 1.57. The molecule has 0 bridgehead atoms. The van der Waals surface area contributed by atoms with Crippen LogP contribution in [0.25, 0.3) is 0 Å². The Morgan fingerprint density at radius 2 is 1.81 bits per heavy atom. The number of fused-ring (bicyclic) bond motifs is 1. The Morgan fingerprint density at radius 1 is 1.05 bits per heavy atom. The molecule has 0 saturated heterocycles. The lowest BCUT2D eigenvalue weighted by Crippen LogP contribution is -2.13. The Balaban J connectivity index is 1.80. The van der Waals surface area contributed by atoms with Crippen LogP contribution < -0.4 is 15.2 Å². The number of hydrogen-bond acceptors (Lipinski definition) is 3. The first-order valence-corrected chi connectivity index (χ1v) is 7.50. The third-order valence-corrected chi connectivity index (χ3v) is 3.97. The number of rotatable bonds is 3. The summed E-state index contributed by atoms with van der Waals surface area (Å²) < 4.78 is 11.3. The average Bonchev–Trinajstić information content (AvgIpc) is 2.74. The van der Waals surface area contributed by atoms with Gasteiger partial charge in [-0.25, -0.2) is 0 Å². The topological polar surface area (TPSA) is 44.5 Å². The Bertz CT molecular complexity index is 630. The fraction of sp³-hybridized carbons (Fsp3) is 0.294. The van der Waals surface area contributed by atoms with E-state index in [4.69, 9.17) is 26.8 Å². The van der Waals surface area contributed by atoms with Crippen molar-refractivity contribution in [1.29, 1.82) is 0 Å². The van der Waals surface area contributed by atoms with E-state index in [1.165, 1.54) is 0 Å². The maximum Gasteiger partial charge on any atom is 0.161 e. The third kappa shape index (κ3) is 3.31. The van der Waals surface area contributed by atoms with Crippen LogP contribution in [0.1, 0.15) is 23.6 Å². The molecule has 0 saturated carbocycles. The maximum atomic E-state index is 6.31. The number of ether oxygens (including phenoxy) is 2. The van der Waals surface area contributed by atoms with Crippen molar-refractivity contribution in [2.75, 3.05) is 13.2 Å².